The summed E-state index contributed by atoms with van der Waals surface area (Å²) in [4.78, 5) is 18.8. The highest BCUT2D eigenvalue weighted by Crippen LogP contribution is 2.34. The Morgan fingerprint density at radius 1 is 1.44 bits per heavy atom. The minimum Gasteiger partial charge on any atom is -0.297 e. The molecule has 2 aromatic rings. The molecular weight excluding hydrogens is 287 g/mol. The van der Waals surface area contributed by atoms with Crippen molar-refractivity contribution in [2.45, 2.75) is 13.1 Å². The van der Waals surface area contributed by atoms with Crippen molar-refractivity contribution in [1.29, 1.82) is 0 Å². The molecule has 0 atom stereocenters. The summed E-state index contributed by atoms with van der Waals surface area (Å²) in [5, 5.41) is 3.38. The lowest BCUT2D eigenvalue weighted by Gasteiger charge is -1.99. The number of nitrogens with one attached hydrogen (secondary N) is 1. The van der Waals surface area contributed by atoms with Crippen LogP contribution in [-0.2, 0) is 6.18 Å². The van der Waals surface area contributed by atoms with Crippen LogP contribution in [0.15, 0.2) is 11.6 Å². The van der Waals surface area contributed by atoms with Gasteiger partial charge in [0, 0.05) is 11.6 Å². The van der Waals surface area contributed by atoms with Crippen LogP contribution in [0.1, 0.15) is 20.4 Å². The van der Waals surface area contributed by atoms with E-state index in [1.54, 1.807) is 5.38 Å². The lowest BCUT2D eigenvalue weighted by Crippen LogP contribution is -2.11. The Balaban J connectivity index is 2.23. The van der Waals surface area contributed by atoms with E-state index >= 15 is 0 Å². The summed E-state index contributed by atoms with van der Waals surface area (Å²) < 4.78 is 37.3. The van der Waals surface area contributed by atoms with Gasteiger partial charge in [0.05, 0.1) is 5.69 Å². The van der Waals surface area contributed by atoms with Crippen LogP contribution >= 0.6 is 22.7 Å². The molecule has 4 nitrogen and oxygen atoms in total. The topological polar surface area (TPSA) is 54.9 Å². The van der Waals surface area contributed by atoms with Gasteiger partial charge in [-0.05, 0) is 6.92 Å². The predicted molar refractivity (Wildman–Crippen MR) is 61.9 cm³/mol. The molecule has 0 aromatic carbocycles. The normalized spacial score (nSPS) is 11.6. The fourth-order valence-corrected chi connectivity index (χ4v) is 2.52. The number of hydrogen-bond acceptors (Lipinski definition) is 5. The third-order valence-electron chi connectivity index (χ3n) is 1.90. The van der Waals surface area contributed by atoms with E-state index in [1.165, 1.54) is 24.5 Å². The Kier molecular flexibility index (Phi) is 3.35. The second-order valence-electron chi connectivity index (χ2n) is 3.22. The zero-order valence-corrected chi connectivity index (χ0v) is 10.5. The number of aryl methyl sites for hydroxylation is 1. The van der Waals surface area contributed by atoms with E-state index < -0.39 is 17.1 Å². The maximum absolute atomic E-state index is 12.4. The van der Waals surface area contributed by atoms with Gasteiger partial charge in [0.1, 0.15) is 4.88 Å². The van der Waals surface area contributed by atoms with Gasteiger partial charge in [-0.2, -0.15) is 13.2 Å². The molecule has 0 saturated carbocycles. The van der Waals surface area contributed by atoms with Gasteiger partial charge in [-0.3, -0.25) is 10.1 Å². The van der Waals surface area contributed by atoms with Crippen molar-refractivity contribution in [3.63, 3.8) is 0 Å². The van der Waals surface area contributed by atoms with Crippen molar-refractivity contribution >= 4 is 33.7 Å². The first-order valence-electron chi connectivity index (χ1n) is 4.63. The van der Waals surface area contributed by atoms with E-state index in [9.17, 15) is 18.0 Å². The standard InChI is InChI=1S/C9H6F3N3OS2/c1-4-5(18-7(14-4)9(10,11)12)6(16)15-8-13-2-3-17-8/h2-3H,1H3,(H,13,15,16). The molecule has 0 unspecified atom stereocenters. The van der Waals surface area contributed by atoms with Gasteiger partial charge in [0.2, 0.25) is 0 Å². The molecule has 0 aliphatic rings. The molecule has 2 rings (SSSR count). The summed E-state index contributed by atoms with van der Waals surface area (Å²) in [7, 11) is 0. The first-order valence-corrected chi connectivity index (χ1v) is 6.33. The van der Waals surface area contributed by atoms with E-state index in [2.05, 4.69) is 15.3 Å². The third-order valence-corrected chi connectivity index (χ3v) is 3.79. The Labute approximate surface area is 108 Å². The molecule has 0 radical (unpaired) electrons. The Morgan fingerprint density at radius 2 is 2.17 bits per heavy atom. The molecule has 9 heteroatoms. The molecular formula is C9H6F3N3OS2. The van der Waals surface area contributed by atoms with Gasteiger partial charge in [-0.25, -0.2) is 9.97 Å². The highest BCUT2D eigenvalue weighted by Gasteiger charge is 2.36. The molecule has 1 amide bonds. The second-order valence-corrected chi connectivity index (χ2v) is 5.12. The first-order chi connectivity index (χ1) is 8.38. The fraction of sp³-hybridized carbons (Fsp3) is 0.222. The minimum atomic E-state index is -4.53. The quantitative estimate of drug-likeness (QED) is 0.925. The summed E-state index contributed by atoms with van der Waals surface area (Å²) in [6, 6.07) is 0. The summed E-state index contributed by atoms with van der Waals surface area (Å²) in [5.74, 6) is -0.629. The van der Waals surface area contributed by atoms with Gasteiger partial charge in [0.25, 0.3) is 5.91 Å². The zero-order chi connectivity index (χ0) is 13.3. The maximum Gasteiger partial charge on any atom is 0.443 e. The summed E-state index contributed by atoms with van der Waals surface area (Å²) in [5.41, 5.74) is 0.0568. The smallest absolute Gasteiger partial charge is 0.297 e. The van der Waals surface area contributed by atoms with Crippen LogP contribution in [0.25, 0.3) is 0 Å². The van der Waals surface area contributed by atoms with Gasteiger partial charge in [-0.1, -0.05) is 0 Å². The van der Waals surface area contributed by atoms with Gasteiger partial charge < -0.3 is 0 Å². The average molecular weight is 293 g/mol. The van der Waals surface area contributed by atoms with Gasteiger partial charge in [-0.15, -0.1) is 22.7 Å². The molecule has 0 spiro atoms. The van der Waals surface area contributed by atoms with Crippen molar-refractivity contribution in [3.05, 3.63) is 27.2 Å². The Morgan fingerprint density at radius 3 is 2.67 bits per heavy atom. The van der Waals surface area contributed by atoms with E-state index in [1.807, 2.05) is 0 Å². The van der Waals surface area contributed by atoms with E-state index in [0.717, 1.165) is 0 Å². The number of thiazole rings is 2. The molecule has 1 N–H and O–H groups in total. The Bertz CT molecular complexity index is 562. The number of nitrogens with zero attached hydrogens (tertiary/aromatic N) is 2. The van der Waals surface area contributed by atoms with Crippen molar-refractivity contribution in [3.8, 4) is 0 Å². The molecule has 96 valence electrons. The molecule has 2 heterocycles. The zero-order valence-electron chi connectivity index (χ0n) is 8.91. The largest absolute Gasteiger partial charge is 0.443 e. The fourth-order valence-electron chi connectivity index (χ4n) is 1.17. The monoisotopic (exact) mass is 293 g/mol. The number of rotatable bonds is 2. The SMILES string of the molecule is Cc1nc(C(F)(F)F)sc1C(=O)Nc1nccs1. The lowest BCUT2D eigenvalue weighted by atomic mass is 10.4. The van der Waals surface area contributed by atoms with Crippen LogP contribution in [0.4, 0.5) is 18.3 Å². The van der Waals surface area contributed by atoms with Crippen LogP contribution < -0.4 is 5.32 Å². The van der Waals surface area contributed by atoms with Gasteiger partial charge >= 0.3 is 6.18 Å². The van der Waals surface area contributed by atoms with Crippen LogP contribution in [0, 0.1) is 6.92 Å². The molecule has 2 aromatic heterocycles. The van der Waals surface area contributed by atoms with Crippen molar-refractivity contribution in [2.75, 3.05) is 5.32 Å². The Hall–Kier alpha value is -1.48. The van der Waals surface area contributed by atoms with Crippen LogP contribution in [0.5, 0.6) is 0 Å². The number of amides is 1. The van der Waals surface area contributed by atoms with Crippen molar-refractivity contribution < 1.29 is 18.0 Å². The summed E-state index contributed by atoms with van der Waals surface area (Å²) >= 11 is 1.51. The summed E-state index contributed by atoms with van der Waals surface area (Å²) in [6.45, 7) is 1.36. The third kappa shape index (κ3) is 2.67. The number of halogens is 3. The van der Waals surface area contributed by atoms with E-state index in [4.69, 9.17) is 0 Å². The molecule has 0 bridgehead atoms. The van der Waals surface area contributed by atoms with Crippen LogP contribution in [-0.4, -0.2) is 15.9 Å². The molecule has 0 aliphatic heterocycles. The first kappa shape index (κ1) is 13.0. The maximum atomic E-state index is 12.4. The summed E-state index contributed by atoms with van der Waals surface area (Å²) in [6.07, 6.45) is -3.05. The predicted octanol–water partition coefficient (Wildman–Crippen LogP) is 3.18. The van der Waals surface area contributed by atoms with E-state index in [0.29, 0.717) is 16.5 Å². The second kappa shape index (κ2) is 4.65. The highest BCUT2D eigenvalue weighted by atomic mass is 32.1. The number of anilines is 1. The van der Waals surface area contributed by atoms with Crippen molar-refractivity contribution in [1.82, 2.24) is 9.97 Å². The van der Waals surface area contributed by atoms with Crippen LogP contribution in [0.2, 0.25) is 0 Å². The van der Waals surface area contributed by atoms with Gasteiger partial charge in [0.15, 0.2) is 10.1 Å². The number of carbonyl (C=O) groups excluding carboxylic acids is 1. The average Bonchev–Trinajstić information content (AvgIpc) is 2.85. The molecule has 18 heavy (non-hydrogen) atoms. The lowest BCUT2D eigenvalue weighted by molar-refractivity contribution is -0.137. The number of aromatic nitrogens is 2. The van der Waals surface area contributed by atoms with Crippen LogP contribution in [0.3, 0.4) is 0 Å². The number of alkyl halides is 3. The number of hydrogen-bond donors (Lipinski definition) is 1. The molecule has 0 aliphatic carbocycles. The minimum absolute atomic E-state index is 0.0568. The molecule has 0 fully saturated rings. The van der Waals surface area contributed by atoms with E-state index in [-0.39, 0.29) is 10.6 Å². The van der Waals surface area contributed by atoms with Crippen molar-refractivity contribution in [2.24, 2.45) is 0 Å². The highest BCUT2D eigenvalue weighted by molar-refractivity contribution is 7.15. The molecule has 0 saturated heterocycles. The number of carbonyl (C=O) groups is 1.